The van der Waals surface area contributed by atoms with Gasteiger partial charge >= 0.3 is 0 Å². The van der Waals surface area contributed by atoms with Crippen molar-refractivity contribution in [2.24, 2.45) is 0 Å². The Hall–Kier alpha value is -1.83. The lowest BCUT2D eigenvalue weighted by Crippen LogP contribution is -1.96. The maximum absolute atomic E-state index is 12.4. The first-order valence-electron chi connectivity index (χ1n) is 8.53. The minimum absolute atomic E-state index is 0.115. The molecule has 0 spiro atoms. The first kappa shape index (κ1) is 19.5. The molecule has 0 N–H and O–H groups in total. The minimum Gasteiger partial charge on any atom is -0.289 e. The molecule has 0 saturated carbocycles. The van der Waals surface area contributed by atoms with Crippen LogP contribution in [0.15, 0.2) is 66.3 Å². The zero-order valence-electron chi connectivity index (χ0n) is 14.3. The van der Waals surface area contributed by atoms with Crippen LogP contribution < -0.4 is 0 Å². The molecule has 0 bridgehead atoms. The third-order valence-electron chi connectivity index (χ3n) is 3.87. The molecule has 0 fully saturated rings. The number of carbonyl (C=O) groups is 1. The monoisotopic (exact) mass is 372 g/mol. The molecule has 2 aromatic carbocycles. The van der Waals surface area contributed by atoms with Gasteiger partial charge in [0.05, 0.1) is 5.02 Å². The summed E-state index contributed by atoms with van der Waals surface area (Å²) in [5.41, 5.74) is 2.74. The number of unbranched alkanes of at least 4 members (excludes halogenated alkanes) is 2. The molecular weight excluding hydrogens is 351 g/mol. The number of allylic oxidation sites excluding steroid dienone is 3. The van der Waals surface area contributed by atoms with E-state index in [1.165, 1.54) is 12.8 Å². The Kier molecular flexibility index (Phi) is 7.97. The molecule has 1 nitrogen and oxygen atoms in total. The van der Waals surface area contributed by atoms with Crippen LogP contribution in [0.3, 0.4) is 0 Å². The van der Waals surface area contributed by atoms with Gasteiger partial charge in [0.25, 0.3) is 0 Å². The lowest BCUT2D eigenvalue weighted by atomic mass is 10.0. The zero-order chi connectivity index (χ0) is 18.1. The highest BCUT2D eigenvalue weighted by atomic mass is 35.5. The van der Waals surface area contributed by atoms with E-state index in [2.05, 4.69) is 25.1 Å². The van der Waals surface area contributed by atoms with Gasteiger partial charge in [0, 0.05) is 10.6 Å². The Morgan fingerprint density at radius 2 is 1.76 bits per heavy atom. The summed E-state index contributed by atoms with van der Waals surface area (Å²) in [5, 5.41) is 0.900. The summed E-state index contributed by atoms with van der Waals surface area (Å²) in [6.07, 6.45) is 10.0. The predicted octanol–water partition coefficient (Wildman–Crippen LogP) is 7.40. The minimum atomic E-state index is -0.115. The molecular formula is C22H22Cl2O. The molecule has 130 valence electrons. The normalized spacial score (nSPS) is 11.9. The molecule has 0 aliphatic rings. The highest BCUT2D eigenvalue weighted by Crippen LogP contribution is 2.22. The second kappa shape index (κ2) is 10.2. The van der Waals surface area contributed by atoms with Crippen LogP contribution in [0.4, 0.5) is 0 Å². The number of hydrogen-bond acceptors (Lipinski definition) is 1. The van der Waals surface area contributed by atoms with Crippen LogP contribution >= 0.6 is 23.2 Å². The average Bonchev–Trinajstić information content (AvgIpc) is 2.60. The Bertz CT molecular complexity index is 761. The summed E-state index contributed by atoms with van der Waals surface area (Å²) >= 11 is 12.0. The van der Waals surface area contributed by atoms with Crippen molar-refractivity contribution in [1.82, 2.24) is 0 Å². The van der Waals surface area contributed by atoms with Crippen molar-refractivity contribution >= 4 is 35.1 Å². The molecule has 0 radical (unpaired) electrons. The number of carbonyl (C=O) groups excluding carboxylic acids is 1. The van der Waals surface area contributed by atoms with Gasteiger partial charge in [0.1, 0.15) is 0 Å². The molecule has 0 atom stereocenters. The molecule has 0 unspecified atom stereocenters. The fraction of sp³-hybridized carbons (Fsp3) is 0.227. The van der Waals surface area contributed by atoms with E-state index < -0.39 is 0 Å². The van der Waals surface area contributed by atoms with Crippen molar-refractivity contribution in [3.63, 3.8) is 0 Å². The Morgan fingerprint density at radius 3 is 2.44 bits per heavy atom. The van der Waals surface area contributed by atoms with E-state index in [4.69, 9.17) is 23.2 Å². The second-order valence-electron chi connectivity index (χ2n) is 5.91. The topological polar surface area (TPSA) is 17.1 Å². The molecule has 2 rings (SSSR count). The lowest BCUT2D eigenvalue weighted by Gasteiger charge is -2.04. The van der Waals surface area contributed by atoms with Crippen molar-refractivity contribution in [2.75, 3.05) is 0 Å². The third-order valence-corrected chi connectivity index (χ3v) is 4.41. The molecule has 0 saturated heterocycles. The largest absolute Gasteiger partial charge is 0.289 e. The van der Waals surface area contributed by atoms with Crippen molar-refractivity contribution in [3.05, 3.63) is 87.4 Å². The van der Waals surface area contributed by atoms with Gasteiger partial charge in [-0.25, -0.2) is 0 Å². The fourth-order valence-electron chi connectivity index (χ4n) is 2.51. The standard InChI is InChI=1S/C22H22Cl2O/c1-2-3-5-8-18(15-17-9-6-4-7-10-17)11-14-22(25)20-13-12-19(23)16-21(20)24/h4,6-7,9-16H,2-3,5,8H2,1H3/b14-11+,18-15-. The lowest BCUT2D eigenvalue weighted by molar-refractivity contribution is 0.104. The Morgan fingerprint density at radius 1 is 1.00 bits per heavy atom. The molecule has 2 aromatic rings. The summed E-state index contributed by atoms with van der Waals surface area (Å²) in [6, 6.07) is 15.1. The maximum Gasteiger partial charge on any atom is 0.187 e. The van der Waals surface area contributed by atoms with Gasteiger partial charge in [0.15, 0.2) is 5.78 Å². The fourth-order valence-corrected chi connectivity index (χ4v) is 3.01. The van der Waals surface area contributed by atoms with Crippen LogP contribution in [0.25, 0.3) is 6.08 Å². The Labute approximate surface area is 160 Å². The van der Waals surface area contributed by atoms with E-state index in [9.17, 15) is 4.79 Å². The zero-order valence-corrected chi connectivity index (χ0v) is 15.9. The van der Waals surface area contributed by atoms with Crippen molar-refractivity contribution in [3.8, 4) is 0 Å². The number of hydrogen-bond donors (Lipinski definition) is 0. The Balaban J connectivity index is 2.18. The third kappa shape index (κ3) is 6.53. The summed E-state index contributed by atoms with van der Waals surface area (Å²) in [7, 11) is 0. The van der Waals surface area contributed by atoms with E-state index >= 15 is 0 Å². The number of rotatable bonds is 8. The summed E-state index contributed by atoms with van der Waals surface area (Å²) in [5.74, 6) is -0.115. The van der Waals surface area contributed by atoms with Gasteiger partial charge in [0.2, 0.25) is 0 Å². The molecule has 0 heterocycles. The first-order valence-corrected chi connectivity index (χ1v) is 9.29. The van der Waals surface area contributed by atoms with Crippen LogP contribution in [0.5, 0.6) is 0 Å². The highest BCUT2D eigenvalue weighted by Gasteiger charge is 2.08. The number of ketones is 1. The van der Waals surface area contributed by atoms with Crippen molar-refractivity contribution < 1.29 is 4.79 Å². The summed E-state index contributed by atoms with van der Waals surface area (Å²) in [4.78, 5) is 12.4. The van der Waals surface area contributed by atoms with Crippen molar-refractivity contribution in [1.29, 1.82) is 0 Å². The smallest absolute Gasteiger partial charge is 0.187 e. The van der Waals surface area contributed by atoms with Crippen LogP contribution in [-0.2, 0) is 0 Å². The van der Waals surface area contributed by atoms with Gasteiger partial charge in [-0.3, -0.25) is 4.79 Å². The molecule has 0 aromatic heterocycles. The van der Waals surface area contributed by atoms with Crippen LogP contribution in [0.2, 0.25) is 10.0 Å². The predicted molar refractivity (Wildman–Crippen MR) is 108 cm³/mol. The average molecular weight is 373 g/mol. The van der Waals surface area contributed by atoms with Gasteiger partial charge in [-0.2, -0.15) is 0 Å². The van der Waals surface area contributed by atoms with Crippen molar-refractivity contribution in [2.45, 2.75) is 32.6 Å². The highest BCUT2D eigenvalue weighted by molar-refractivity contribution is 6.37. The number of benzene rings is 2. The maximum atomic E-state index is 12.4. The molecule has 0 amide bonds. The van der Waals surface area contributed by atoms with Gasteiger partial charge in [-0.15, -0.1) is 0 Å². The first-order chi connectivity index (χ1) is 12.1. The van der Waals surface area contributed by atoms with Gasteiger partial charge < -0.3 is 0 Å². The van der Waals surface area contributed by atoms with Gasteiger partial charge in [-0.1, -0.05) is 85.5 Å². The number of halogens is 2. The van der Waals surface area contributed by atoms with Crippen LogP contribution in [0, 0.1) is 0 Å². The molecule has 0 aliphatic heterocycles. The second-order valence-corrected chi connectivity index (χ2v) is 6.75. The van der Waals surface area contributed by atoms with E-state index in [1.54, 1.807) is 24.3 Å². The van der Waals surface area contributed by atoms with Gasteiger partial charge in [-0.05, 0) is 48.3 Å². The summed E-state index contributed by atoms with van der Waals surface area (Å²) < 4.78 is 0. The van der Waals surface area contributed by atoms with E-state index in [0.717, 1.165) is 24.0 Å². The van der Waals surface area contributed by atoms with E-state index in [0.29, 0.717) is 15.6 Å². The van der Waals surface area contributed by atoms with E-state index in [-0.39, 0.29) is 5.78 Å². The molecule has 0 aliphatic carbocycles. The SMILES string of the molecule is CCCCCC(=C/c1ccccc1)/C=C/C(=O)c1ccc(Cl)cc1Cl. The van der Waals surface area contributed by atoms with Crippen LogP contribution in [0.1, 0.15) is 48.5 Å². The quantitative estimate of drug-likeness (QED) is 0.204. The molecule has 25 heavy (non-hydrogen) atoms. The molecule has 3 heteroatoms. The van der Waals surface area contributed by atoms with Crippen LogP contribution in [-0.4, -0.2) is 5.78 Å². The summed E-state index contributed by atoms with van der Waals surface area (Å²) in [6.45, 7) is 2.18. The van der Waals surface area contributed by atoms with E-state index in [1.807, 2.05) is 24.3 Å².